The van der Waals surface area contributed by atoms with Crippen molar-refractivity contribution in [2.24, 2.45) is 5.10 Å². The molecular formula is C16H17ClN2. The van der Waals surface area contributed by atoms with Crippen molar-refractivity contribution in [1.29, 1.82) is 0 Å². The molecule has 2 aromatic carbocycles. The molecule has 19 heavy (non-hydrogen) atoms. The second kappa shape index (κ2) is 5.89. The van der Waals surface area contributed by atoms with Gasteiger partial charge in [0.05, 0.1) is 11.4 Å². The minimum absolute atomic E-state index is 0.739. The summed E-state index contributed by atoms with van der Waals surface area (Å²) < 4.78 is 0. The Labute approximate surface area is 119 Å². The molecular weight excluding hydrogens is 256 g/mol. The molecule has 0 radical (unpaired) electrons. The van der Waals surface area contributed by atoms with Crippen LogP contribution in [0, 0.1) is 6.92 Å². The molecule has 0 aromatic heterocycles. The number of anilines is 1. The lowest BCUT2D eigenvalue weighted by atomic mass is 10.1. The molecule has 0 aliphatic rings. The Balaban J connectivity index is 2.20. The van der Waals surface area contributed by atoms with Crippen LogP contribution in [-0.4, -0.2) is 12.8 Å². The maximum atomic E-state index is 5.88. The number of nitrogens with zero attached hydrogens (tertiary/aromatic N) is 2. The summed E-state index contributed by atoms with van der Waals surface area (Å²) in [4.78, 5) is 0. The van der Waals surface area contributed by atoms with E-state index in [1.807, 2.05) is 43.2 Å². The van der Waals surface area contributed by atoms with Gasteiger partial charge in [-0.2, -0.15) is 5.10 Å². The molecule has 98 valence electrons. The summed E-state index contributed by atoms with van der Waals surface area (Å²) in [6, 6.07) is 16.0. The molecule has 0 bridgehead atoms. The standard InChI is InChI=1S/C16H17ClN2/c1-12-4-10-16(11-5-12)19(3)18-13(2)14-6-8-15(17)9-7-14/h4-11H,1-3H3/b18-13+. The quantitative estimate of drug-likeness (QED) is 0.593. The zero-order valence-electron chi connectivity index (χ0n) is 11.4. The molecule has 0 spiro atoms. The van der Waals surface area contributed by atoms with E-state index in [4.69, 9.17) is 11.6 Å². The molecule has 0 atom stereocenters. The predicted molar refractivity (Wildman–Crippen MR) is 83.2 cm³/mol. The molecule has 0 N–H and O–H groups in total. The Hall–Kier alpha value is -1.80. The van der Waals surface area contributed by atoms with Crippen LogP contribution in [0.25, 0.3) is 0 Å². The second-order valence-corrected chi connectivity index (χ2v) is 4.99. The van der Waals surface area contributed by atoms with Crippen molar-refractivity contribution in [2.45, 2.75) is 13.8 Å². The fourth-order valence-electron chi connectivity index (χ4n) is 1.79. The molecule has 0 heterocycles. The van der Waals surface area contributed by atoms with Crippen LogP contribution in [0.5, 0.6) is 0 Å². The summed E-state index contributed by atoms with van der Waals surface area (Å²) in [5.74, 6) is 0. The van der Waals surface area contributed by atoms with Gasteiger partial charge in [0, 0.05) is 12.1 Å². The average Bonchev–Trinajstić information content (AvgIpc) is 2.40. The Morgan fingerprint density at radius 1 is 1.00 bits per heavy atom. The third-order valence-corrected chi connectivity index (χ3v) is 3.22. The molecule has 0 aliphatic heterocycles. The van der Waals surface area contributed by atoms with Gasteiger partial charge in [-0.25, -0.2) is 0 Å². The first kappa shape index (κ1) is 13.6. The molecule has 0 fully saturated rings. The van der Waals surface area contributed by atoms with E-state index in [-0.39, 0.29) is 0 Å². The van der Waals surface area contributed by atoms with E-state index < -0.39 is 0 Å². The Morgan fingerprint density at radius 3 is 2.16 bits per heavy atom. The fraction of sp³-hybridized carbons (Fsp3) is 0.188. The number of hydrogen-bond acceptors (Lipinski definition) is 2. The Kier molecular flexibility index (Phi) is 4.23. The number of halogens is 1. The Morgan fingerprint density at radius 2 is 1.58 bits per heavy atom. The third kappa shape index (κ3) is 3.58. The monoisotopic (exact) mass is 272 g/mol. The summed E-state index contributed by atoms with van der Waals surface area (Å²) in [7, 11) is 1.95. The first-order chi connectivity index (χ1) is 9.06. The largest absolute Gasteiger partial charge is 0.268 e. The molecule has 3 heteroatoms. The molecule has 2 rings (SSSR count). The van der Waals surface area contributed by atoms with Crippen molar-refractivity contribution >= 4 is 23.0 Å². The predicted octanol–water partition coefficient (Wildman–Crippen LogP) is 4.51. The lowest BCUT2D eigenvalue weighted by Gasteiger charge is -2.15. The van der Waals surface area contributed by atoms with Crippen molar-refractivity contribution in [2.75, 3.05) is 12.1 Å². The first-order valence-electron chi connectivity index (χ1n) is 6.18. The zero-order valence-corrected chi connectivity index (χ0v) is 12.1. The normalized spacial score (nSPS) is 11.5. The highest BCUT2D eigenvalue weighted by molar-refractivity contribution is 6.30. The number of hydrazone groups is 1. The van der Waals surface area contributed by atoms with Gasteiger partial charge in [-0.05, 0) is 43.7 Å². The molecule has 2 aromatic rings. The molecule has 2 nitrogen and oxygen atoms in total. The highest BCUT2D eigenvalue weighted by atomic mass is 35.5. The molecule has 0 unspecified atom stereocenters. The molecule has 0 saturated heterocycles. The minimum Gasteiger partial charge on any atom is -0.268 e. The van der Waals surface area contributed by atoms with Gasteiger partial charge in [-0.3, -0.25) is 5.01 Å². The van der Waals surface area contributed by atoms with E-state index in [1.54, 1.807) is 0 Å². The van der Waals surface area contributed by atoms with Gasteiger partial charge in [0.15, 0.2) is 0 Å². The van der Waals surface area contributed by atoms with Crippen molar-refractivity contribution < 1.29 is 0 Å². The van der Waals surface area contributed by atoms with Crippen LogP contribution in [0.3, 0.4) is 0 Å². The van der Waals surface area contributed by atoms with Gasteiger partial charge >= 0.3 is 0 Å². The van der Waals surface area contributed by atoms with Gasteiger partial charge in [-0.15, -0.1) is 0 Å². The summed E-state index contributed by atoms with van der Waals surface area (Å²) in [5, 5.41) is 7.20. The number of aryl methyl sites for hydroxylation is 1. The van der Waals surface area contributed by atoms with Crippen molar-refractivity contribution in [3.63, 3.8) is 0 Å². The number of benzene rings is 2. The summed E-state index contributed by atoms with van der Waals surface area (Å²) in [6.45, 7) is 4.07. The van der Waals surface area contributed by atoms with Crippen molar-refractivity contribution in [1.82, 2.24) is 0 Å². The second-order valence-electron chi connectivity index (χ2n) is 4.55. The maximum Gasteiger partial charge on any atom is 0.0650 e. The van der Waals surface area contributed by atoms with E-state index in [1.165, 1.54) is 5.56 Å². The maximum absolute atomic E-state index is 5.88. The lowest BCUT2D eigenvalue weighted by Crippen LogP contribution is -2.12. The highest BCUT2D eigenvalue weighted by Crippen LogP contribution is 2.15. The summed E-state index contributed by atoms with van der Waals surface area (Å²) >= 11 is 5.88. The minimum atomic E-state index is 0.739. The van der Waals surface area contributed by atoms with Gasteiger partial charge in [-0.1, -0.05) is 41.4 Å². The van der Waals surface area contributed by atoms with Crippen LogP contribution in [0.4, 0.5) is 5.69 Å². The van der Waals surface area contributed by atoms with Gasteiger partial charge < -0.3 is 0 Å². The fourth-order valence-corrected chi connectivity index (χ4v) is 1.92. The van der Waals surface area contributed by atoms with E-state index >= 15 is 0 Å². The van der Waals surface area contributed by atoms with Gasteiger partial charge in [0.2, 0.25) is 0 Å². The SMILES string of the molecule is C/C(=N\N(C)c1ccc(C)cc1)c1ccc(Cl)cc1. The molecule has 0 saturated carbocycles. The smallest absolute Gasteiger partial charge is 0.0650 e. The van der Waals surface area contributed by atoms with Crippen LogP contribution in [0.1, 0.15) is 18.1 Å². The van der Waals surface area contributed by atoms with Crippen LogP contribution in [-0.2, 0) is 0 Å². The van der Waals surface area contributed by atoms with Gasteiger partial charge in [0.1, 0.15) is 0 Å². The van der Waals surface area contributed by atoms with Crippen LogP contribution in [0.15, 0.2) is 53.6 Å². The van der Waals surface area contributed by atoms with Crippen LogP contribution < -0.4 is 5.01 Å². The zero-order chi connectivity index (χ0) is 13.8. The summed E-state index contributed by atoms with van der Waals surface area (Å²) in [5.41, 5.74) is 4.34. The van der Waals surface area contributed by atoms with Crippen LogP contribution >= 0.6 is 11.6 Å². The van der Waals surface area contributed by atoms with Crippen molar-refractivity contribution in [3.05, 3.63) is 64.7 Å². The highest BCUT2D eigenvalue weighted by Gasteiger charge is 2.01. The van der Waals surface area contributed by atoms with E-state index in [9.17, 15) is 0 Å². The number of rotatable bonds is 3. The van der Waals surface area contributed by atoms with E-state index in [2.05, 4.69) is 36.3 Å². The summed E-state index contributed by atoms with van der Waals surface area (Å²) in [6.07, 6.45) is 0. The van der Waals surface area contributed by atoms with Crippen molar-refractivity contribution in [3.8, 4) is 0 Å². The lowest BCUT2D eigenvalue weighted by molar-refractivity contribution is 1.01. The Bertz CT molecular complexity index is 571. The topological polar surface area (TPSA) is 15.6 Å². The van der Waals surface area contributed by atoms with Gasteiger partial charge in [0.25, 0.3) is 0 Å². The van der Waals surface area contributed by atoms with E-state index in [0.29, 0.717) is 0 Å². The first-order valence-corrected chi connectivity index (χ1v) is 6.55. The molecule has 0 aliphatic carbocycles. The van der Waals surface area contributed by atoms with E-state index in [0.717, 1.165) is 22.0 Å². The average molecular weight is 273 g/mol. The third-order valence-electron chi connectivity index (χ3n) is 2.97. The number of hydrogen-bond donors (Lipinski definition) is 0. The molecule has 0 amide bonds. The van der Waals surface area contributed by atoms with Crippen LogP contribution in [0.2, 0.25) is 5.02 Å².